The van der Waals surface area contributed by atoms with Crippen LogP contribution < -0.4 is 10.6 Å². The second kappa shape index (κ2) is 8.42. The number of hydrogen-bond donors (Lipinski definition) is 4. The maximum absolute atomic E-state index is 12.1. The predicted molar refractivity (Wildman–Crippen MR) is 71.7 cm³/mol. The lowest BCUT2D eigenvalue weighted by Gasteiger charge is -2.35. The molecule has 120 valence electrons. The number of carboxylic acid groups (broad SMARTS) is 1. The van der Waals surface area contributed by atoms with Crippen molar-refractivity contribution in [3.8, 4) is 0 Å². The van der Waals surface area contributed by atoms with Gasteiger partial charge in [0.1, 0.15) is 6.04 Å². The number of nitrogens with zero attached hydrogens (tertiary/aromatic N) is 1. The Balaban J connectivity index is 2.69. The molecule has 4 N–H and O–H groups in total. The van der Waals surface area contributed by atoms with Crippen LogP contribution in [-0.4, -0.2) is 78.0 Å². The van der Waals surface area contributed by atoms with Gasteiger partial charge in [-0.2, -0.15) is 0 Å². The number of aliphatic hydroxyl groups is 1. The SMILES string of the molecule is CCCNC(=O)C1COCCN1C(=O)NC(CO)C(=O)O. The van der Waals surface area contributed by atoms with Gasteiger partial charge >= 0.3 is 12.0 Å². The number of carbonyl (C=O) groups is 3. The maximum Gasteiger partial charge on any atom is 0.328 e. The zero-order chi connectivity index (χ0) is 15.8. The van der Waals surface area contributed by atoms with Gasteiger partial charge in [0.2, 0.25) is 5.91 Å². The average molecular weight is 303 g/mol. The molecule has 2 atom stereocenters. The van der Waals surface area contributed by atoms with Crippen LogP contribution in [0.4, 0.5) is 4.79 Å². The molecule has 0 aromatic carbocycles. The Kier molecular flexibility index (Phi) is 6.89. The van der Waals surface area contributed by atoms with Crippen molar-refractivity contribution >= 4 is 17.9 Å². The number of hydrogen-bond acceptors (Lipinski definition) is 5. The summed E-state index contributed by atoms with van der Waals surface area (Å²) in [7, 11) is 0. The van der Waals surface area contributed by atoms with Crippen LogP contribution in [0.25, 0.3) is 0 Å². The lowest BCUT2D eigenvalue weighted by Crippen LogP contribution is -2.60. The van der Waals surface area contributed by atoms with E-state index < -0.39 is 30.7 Å². The summed E-state index contributed by atoms with van der Waals surface area (Å²) in [5, 5.41) is 22.6. The molecule has 0 radical (unpaired) electrons. The van der Waals surface area contributed by atoms with E-state index in [0.29, 0.717) is 6.54 Å². The molecule has 0 saturated carbocycles. The molecule has 2 unspecified atom stereocenters. The summed E-state index contributed by atoms with van der Waals surface area (Å²) in [6.07, 6.45) is 0.761. The molecule has 3 amide bonds. The molecule has 21 heavy (non-hydrogen) atoms. The molecule has 0 aliphatic carbocycles. The van der Waals surface area contributed by atoms with Crippen molar-refractivity contribution in [3.05, 3.63) is 0 Å². The number of aliphatic hydroxyl groups excluding tert-OH is 1. The smallest absolute Gasteiger partial charge is 0.328 e. The van der Waals surface area contributed by atoms with Gasteiger partial charge < -0.3 is 30.5 Å². The van der Waals surface area contributed by atoms with Crippen molar-refractivity contribution in [2.45, 2.75) is 25.4 Å². The second-order valence-electron chi connectivity index (χ2n) is 4.60. The topological polar surface area (TPSA) is 128 Å². The number of nitrogens with one attached hydrogen (secondary N) is 2. The number of carbonyl (C=O) groups excluding carboxylic acids is 2. The molecule has 0 aromatic rings. The Labute approximate surface area is 122 Å². The number of ether oxygens (including phenoxy) is 1. The zero-order valence-electron chi connectivity index (χ0n) is 11.9. The first-order chi connectivity index (χ1) is 10.0. The standard InChI is InChI=1S/C12H21N3O6/c1-2-3-13-10(17)9-7-21-5-4-15(9)12(20)14-8(6-16)11(18)19/h8-9,16H,2-7H2,1H3,(H,13,17)(H,14,20)(H,18,19). The van der Waals surface area contributed by atoms with Gasteiger partial charge in [-0.1, -0.05) is 6.92 Å². The van der Waals surface area contributed by atoms with Gasteiger partial charge in [0.15, 0.2) is 6.04 Å². The van der Waals surface area contributed by atoms with E-state index in [9.17, 15) is 14.4 Å². The normalized spacial score (nSPS) is 19.7. The minimum atomic E-state index is -1.40. The summed E-state index contributed by atoms with van der Waals surface area (Å²) in [4.78, 5) is 36.1. The minimum Gasteiger partial charge on any atom is -0.480 e. The Morgan fingerprint density at radius 2 is 2.14 bits per heavy atom. The van der Waals surface area contributed by atoms with Gasteiger partial charge in [-0.05, 0) is 6.42 Å². The molecule has 1 fully saturated rings. The first-order valence-corrected chi connectivity index (χ1v) is 6.77. The second-order valence-corrected chi connectivity index (χ2v) is 4.60. The van der Waals surface area contributed by atoms with Crippen molar-refractivity contribution < 1.29 is 29.3 Å². The van der Waals surface area contributed by atoms with Gasteiger partial charge in [0, 0.05) is 13.1 Å². The molecule has 0 aromatic heterocycles. The first-order valence-electron chi connectivity index (χ1n) is 6.77. The predicted octanol–water partition coefficient (Wildman–Crippen LogP) is -1.63. The summed E-state index contributed by atoms with van der Waals surface area (Å²) >= 11 is 0. The number of rotatable bonds is 6. The third-order valence-electron chi connectivity index (χ3n) is 3.02. The zero-order valence-corrected chi connectivity index (χ0v) is 11.9. The lowest BCUT2D eigenvalue weighted by molar-refractivity contribution is -0.140. The van der Waals surface area contributed by atoms with Crippen molar-refractivity contribution in [3.63, 3.8) is 0 Å². The number of amides is 3. The van der Waals surface area contributed by atoms with Crippen LogP contribution in [0.1, 0.15) is 13.3 Å². The summed E-state index contributed by atoms with van der Waals surface area (Å²) in [5.74, 6) is -1.69. The van der Waals surface area contributed by atoms with Crippen molar-refractivity contribution in [1.29, 1.82) is 0 Å². The Bertz CT molecular complexity index is 389. The third kappa shape index (κ3) is 4.87. The summed E-state index contributed by atoms with van der Waals surface area (Å²) < 4.78 is 5.19. The average Bonchev–Trinajstić information content (AvgIpc) is 2.49. The maximum atomic E-state index is 12.1. The molecule has 0 bridgehead atoms. The van der Waals surface area contributed by atoms with Crippen molar-refractivity contribution in [2.24, 2.45) is 0 Å². The number of urea groups is 1. The number of morpholine rings is 1. The van der Waals surface area contributed by atoms with Crippen LogP contribution in [0.3, 0.4) is 0 Å². The molecular weight excluding hydrogens is 282 g/mol. The van der Waals surface area contributed by atoms with Crippen molar-refractivity contribution in [1.82, 2.24) is 15.5 Å². The monoisotopic (exact) mass is 303 g/mol. The largest absolute Gasteiger partial charge is 0.480 e. The highest BCUT2D eigenvalue weighted by Crippen LogP contribution is 2.08. The highest BCUT2D eigenvalue weighted by molar-refractivity contribution is 5.89. The molecule has 0 spiro atoms. The van der Waals surface area contributed by atoms with Crippen LogP contribution in [0.2, 0.25) is 0 Å². The first kappa shape index (κ1) is 17.2. The fraction of sp³-hybridized carbons (Fsp3) is 0.750. The van der Waals surface area contributed by atoms with Gasteiger partial charge in [-0.25, -0.2) is 9.59 Å². The van der Waals surface area contributed by atoms with Crippen LogP contribution in [0.5, 0.6) is 0 Å². The van der Waals surface area contributed by atoms with E-state index in [2.05, 4.69) is 10.6 Å². The van der Waals surface area contributed by atoms with Crippen LogP contribution >= 0.6 is 0 Å². The fourth-order valence-electron chi connectivity index (χ4n) is 1.85. The summed E-state index contributed by atoms with van der Waals surface area (Å²) in [6.45, 7) is 2.16. The molecule has 1 rings (SSSR count). The van der Waals surface area contributed by atoms with Crippen LogP contribution in [0.15, 0.2) is 0 Å². The fourth-order valence-corrected chi connectivity index (χ4v) is 1.85. The van der Waals surface area contributed by atoms with Gasteiger partial charge in [0.05, 0.1) is 19.8 Å². The highest BCUT2D eigenvalue weighted by Gasteiger charge is 2.34. The Hall–Kier alpha value is -1.87. The molecule has 1 heterocycles. The van der Waals surface area contributed by atoms with Gasteiger partial charge in [-0.15, -0.1) is 0 Å². The number of carboxylic acids is 1. The van der Waals surface area contributed by atoms with E-state index in [1.807, 2.05) is 6.92 Å². The summed E-state index contributed by atoms with van der Waals surface area (Å²) in [5.41, 5.74) is 0. The molecule has 9 nitrogen and oxygen atoms in total. The van der Waals surface area contributed by atoms with Crippen LogP contribution in [0, 0.1) is 0 Å². The van der Waals surface area contributed by atoms with Gasteiger partial charge in [0.25, 0.3) is 0 Å². The third-order valence-corrected chi connectivity index (χ3v) is 3.02. The lowest BCUT2D eigenvalue weighted by atomic mass is 10.2. The van der Waals surface area contributed by atoms with Gasteiger partial charge in [-0.3, -0.25) is 4.79 Å². The molecule has 1 aliphatic heterocycles. The molecule has 1 aliphatic rings. The minimum absolute atomic E-state index is 0.0554. The Morgan fingerprint density at radius 3 is 2.71 bits per heavy atom. The molecule has 9 heteroatoms. The van der Waals surface area contributed by atoms with Crippen molar-refractivity contribution in [2.75, 3.05) is 32.9 Å². The van der Waals surface area contributed by atoms with E-state index in [-0.39, 0.29) is 25.7 Å². The summed E-state index contributed by atoms with van der Waals surface area (Å²) in [6, 6.07) is -2.92. The Morgan fingerprint density at radius 1 is 1.43 bits per heavy atom. The van der Waals surface area contributed by atoms with E-state index in [0.717, 1.165) is 6.42 Å². The van der Waals surface area contributed by atoms with E-state index in [1.165, 1.54) is 4.90 Å². The van der Waals surface area contributed by atoms with Crippen LogP contribution in [-0.2, 0) is 14.3 Å². The van der Waals surface area contributed by atoms with E-state index in [4.69, 9.17) is 14.9 Å². The number of aliphatic carboxylic acids is 1. The quantitative estimate of drug-likeness (QED) is 0.466. The van der Waals surface area contributed by atoms with E-state index in [1.54, 1.807) is 0 Å². The highest BCUT2D eigenvalue weighted by atomic mass is 16.5. The molecular formula is C12H21N3O6. The van der Waals surface area contributed by atoms with E-state index >= 15 is 0 Å². The molecule has 1 saturated heterocycles.